The minimum atomic E-state index is -4.56. The Morgan fingerprint density at radius 1 is 1.00 bits per heavy atom. The van der Waals surface area contributed by atoms with E-state index in [4.69, 9.17) is 5.73 Å². The Morgan fingerprint density at radius 3 is 2.55 bits per heavy atom. The van der Waals surface area contributed by atoms with E-state index in [1.54, 1.807) is 24.4 Å². The largest absolute Gasteiger partial charge is 0.417 e. The Labute approximate surface area is 161 Å². The van der Waals surface area contributed by atoms with Crippen molar-refractivity contribution >= 4 is 28.2 Å². The molecule has 0 bridgehead atoms. The van der Waals surface area contributed by atoms with Gasteiger partial charge in [-0.3, -0.25) is 19.9 Å². The first kappa shape index (κ1) is 18.4. The third kappa shape index (κ3) is 3.72. The molecule has 29 heavy (non-hydrogen) atoms. The van der Waals surface area contributed by atoms with E-state index in [0.29, 0.717) is 22.8 Å². The number of H-pyrrole nitrogens is 1. The number of hydrogen-bond donors (Lipinski definition) is 3. The van der Waals surface area contributed by atoms with Crippen LogP contribution in [0.1, 0.15) is 16.1 Å². The van der Waals surface area contributed by atoms with E-state index in [2.05, 4.69) is 25.5 Å². The van der Waals surface area contributed by atoms with Gasteiger partial charge in [-0.05, 0) is 29.8 Å². The van der Waals surface area contributed by atoms with Crippen molar-refractivity contribution in [1.29, 1.82) is 0 Å². The average Bonchev–Trinajstić information content (AvgIpc) is 3.11. The summed E-state index contributed by atoms with van der Waals surface area (Å²) in [6.07, 6.45) is 0.401. The number of nitrogen functional groups attached to an aromatic ring is 1. The molecule has 0 fully saturated rings. The van der Waals surface area contributed by atoms with E-state index in [9.17, 15) is 18.0 Å². The highest BCUT2D eigenvalue weighted by molar-refractivity contribution is 6.11. The Bertz CT molecular complexity index is 1220. The quantitative estimate of drug-likeness (QED) is 0.485. The lowest BCUT2D eigenvalue weighted by molar-refractivity contribution is -0.137. The molecule has 0 saturated heterocycles. The predicted molar refractivity (Wildman–Crippen MR) is 101 cm³/mol. The molecule has 0 aliphatic rings. The number of amides is 1. The second kappa shape index (κ2) is 6.89. The summed E-state index contributed by atoms with van der Waals surface area (Å²) in [4.78, 5) is 20.2. The number of nitrogens with one attached hydrogen (secondary N) is 2. The molecular formula is C19H13F3N6O. The zero-order valence-electron chi connectivity index (χ0n) is 14.7. The number of alkyl halides is 3. The molecule has 0 radical (unpaired) electrons. The fraction of sp³-hybridized carbons (Fsp3) is 0.0526. The van der Waals surface area contributed by atoms with Crippen LogP contribution in [0.4, 0.5) is 24.5 Å². The third-order valence-electron chi connectivity index (χ3n) is 4.19. The van der Waals surface area contributed by atoms with Crippen LogP contribution in [0, 0.1) is 0 Å². The van der Waals surface area contributed by atoms with Gasteiger partial charge in [0.1, 0.15) is 0 Å². The summed E-state index contributed by atoms with van der Waals surface area (Å²) in [6, 6.07) is 7.83. The monoisotopic (exact) mass is 398 g/mol. The second-order valence-electron chi connectivity index (χ2n) is 6.25. The number of hydrogen-bond acceptors (Lipinski definition) is 5. The number of benzene rings is 1. The molecule has 0 aliphatic heterocycles. The first-order chi connectivity index (χ1) is 13.8. The van der Waals surface area contributed by atoms with Gasteiger partial charge in [-0.2, -0.15) is 18.3 Å². The van der Waals surface area contributed by atoms with Crippen molar-refractivity contribution in [3.63, 3.8) is 0 Å². The van der Waals surface area contributed by atoms with Crippen LogP contribution in [0.15, 0.2) is 55.1 Å². The Morgan fingerprint density at radius 2 is 1.79 bits per heavy atom. The molecule has 3 aromatic heterocycles. The van der Waals surface area contributed by atoms with Crippen LogP contribution in [-0.4, -0.2) is 26.1 Å². The number of anilines is 2. The number of rotatable bonds is 3. The van der Waals surface area contributed by atoms with Crippen LogP contribution < -0.4 is 11.1 Å². The Balaban J connectivity index is 1.67. The van der Waals surface area contributed by atoms with E-state index in [1.165, 1.54) is 6.20 Å². The van der Waals surface area contributed by atoms with E-state index in [0.717, 1.165) is 23.4 Å². The average molecular weight is 398 g/mol. The molecule has 4 rings (SSSR count). The molecule has 0 spiro atoms. The molecule has 7 nitrogen and oxygen atoms in total. The third-order valence-corrected chi connectivity index (χ3v) is 4.19. The molecule has 146 valence electrons. The normalized spacial score (nSPS) is 11.6. The minimum Gasteiger partial charge on any atom is -0.397 e. The summed E-state index contributed by atoms with van der Waals surface area (Å²) < 4.78 is 38.5. The summed E-state index contributed by atoms with van der Waals surface area (Å²) in [5.74, 6) is -0.666. The molecule has 4 aromatic rings. The van der Waals surface area contributed by atoms with Crippen molar-refractivity contribution in [2.24, 2.45) is 0 Å². The first-order valence-corrected chi connectivity index (χ1v) is 8.34. The van der Waals surface area contributed by atoms with Gasteiger partial charge in [0.05, 0.1) is 28.7 Å². The highest BCUT2D eigenvalue weighted by Gasteiger charge is 2.31. The van der Waals surface area contributed by atoms with Crippen molar-refractivity contribution < 1.29 is 18.0 Å². The standard InChI is InChI=1S/C19H13F3N6O/c20-19(21,22)12-5-14(9-25-7-12)26-18(29)17-15-4-10(1-2-16(15)27-28-17)11-3-13(23)8-24-6-11/h1-9H,23H2,(H,26,29)(H,27,28). The maximum atomic E-state index is 12.8. The molecule has 4 N–H and O–H groups in total. The van der Waals surface area contributed by atoms with Gasteiger partial charge in [-0.15, -0.1) is 0 Å². The molecule has 1 aromatic carbocycles. The van der Waals surface area contributed by atoms with Crippen LogP contribution in [0.25, 0.3) is 22.0 Å². The van der Waals surface area contributed by atoms with Gasteiger partial charge in [-0.1, -0.05) is 6.07 Å². The van der Waals surface area contributed by atoms with Crippen LogP contribution in [-0.2, 0) is 6.18 Å². The van der Waals surface area contributed by atoms with Crippen LogP contribution in [0.3, 0.4) is 0 Å². The topological polar surface area (TPSA) is 110 Å². The van der Waals surface area contributed by atoms with E-state index < -0.39 is 17.6 Å². The van der Waals surface area contributed by atoms with Gasteiger partial charge < -0.3 is 11.1 Å². The highest BCUT2D eigenvalue weighted by Crippen LogP contribution is 2.30. The fourth-order valence-corrected chi connectivity index (χ4v) is 2.84. The minimum absolute atomic E-state index is 0.0381. The van der Waals surface area contributed by atoms with Crippen LogP contribution >= 0.6 is 0 Å². The Kier molecular flexibility index (Phi) is 4.38. The fourth-order valence-electron chi connectivity index (χ4n) is 2.84. The lowest BCUT2D eigenvalue weighted by Gasteiger charge is -2.08. The van der Waals surface area contributed by atoms with Crippen molar-refractivity contribution in [1.82, 2.24) is 20.2 Å². The summed E-state index contributed by atoms with van der Waals surface area (Å²) in [5.41, 5.74) is 7.35. The summed E-state index contributed by atoms with van der Waals surface area (Å²) >= 11 is 0. The number of pyridine rings is 2. The number of halogens is 3. The summed E-state index contributed by atoms with van der Waals surface area (Å²) in [7, 11) is 0. The number of nitrogens with zero attached hydrogens (tertiary/aromatic N) is 3. The highest BCUT2D eigenvalue weighted by atomic mass is 19.4. The van der Waals surface area contributed by atoms with Gasteiger partial charge >= 0.3 is 6.18 Å². The van der Waals surface area contributed by atoms with Gasteiger partial charge in [0.25, 0.3) is 5.91 Å². The lowest BCUT2D eigenvalue weighted by atomic mass is 10.0. The zero-order valence-corrected chi connectivity index (χ0v) is 14.7. The molecule has 10 heteroatoms. The first-order valence-electron chi connectivity index (χ1n) is 8.34. The number of aromatic amines is 1. The molecule has 0 saturated carbocycles. The second-order valence-corrected chi connectivity index (χ2v) is 6.25. The molecule has 3 heterocycles. The number of carbonyl (C=O) groups is 1. The van der Waals surface area contributed by atoms with Gasteiger partial charge in [0.2, 0.25) is 0 Å². The van der Waals surface area contributed by atoms with Crippen molar-refractivity contribution in [3.8, 4) is 11.1 Å². The predicted octanol–water partition coefficient (Wildman–Crippen LogP) is 3.87. The number of aromatic nitrogens is 4. The van der Waals surface area contributed by atoms with E-state index in [1.807, 2.05) is 6.07 Å². The molecule has 0 aliphatic carbocycles. The number of carbonyl (C=O) groups excluding carboxylic acids is 1. The maximum Gasteiger partial charge on any atom is 0.417 e. The Hall–Kier alpha value is -3.95. The van der Waals surface area contributed by atoms with Crippen molar-refractivity contribution in [3.05, 3.63) is 66.4 Å². The van der Waals surface area contributed by atoms with Crippen molar-refractivity contribution in [2.75, 3.05) is 11.1 Å². The van der Waals surface area contributed by atoms with E-state index >= 15 is 0 Å². The molecular weight excluding hydrogens is 385 g/mol. The molecule has 1 amide bonds. The maximum absolute atomic E-state index is 12.8. The zero-order chi connectivity index (χ0) is 20.6. The smallest absolute Gasteiger partial charge is 0.397 e. The van der Waals surface area contributed by atoms with E-state index in [-0.39, 0.29) is 11.4 Å². The van der Waals surface area contributed by atoms with Gasteiger partial charge in [0, 0.05) is 29.5 Å². The summed E-state index contributed by atoms with van der Waals surface area (Å²) in [6.45, 7) is 0. The van der Waals surface area contributed by atoms with Gasteiger partial charge in [-0.25, -0.2) is 0 Å². The SMILES string of the molecule is Nc1cncc(-c2ccc3[nH]nc(C(=O)Nc4cncc(C(F)(F)F)c4)c3c2)c1. The van der Waals surface area contributed by atoms with Gasteiger partial charge in [0.15, 0.2) is 5.69 Å². The van der Waals surface area contributed by atoms with Crippen LogP contribution in [0.2, 0.25) is 0 Å². The number of nitrogens with two attached hydrogens (primary N) is 1. The number of fused-ring (bicyclic) bond motifs is 1. The molecule has 0 unspecified atom stereocenters. The van der Waals surface area contributed by atoms with Crippen molar-refractivity contribution in [2.45, 2.75) is 6.18 Å². The molecule has 0 atom stereocenters. The van der Waals surface area contributed by atoms with Crippen LogP contribution in [0.5, 0.6) is 0 Å². The lowest BCUT2D eigenvalue weighted by Crippen LogP contribution is -2.14. The summed E-state index contributed by atoms with van der Waals surface area (Å²) in [5, 5.41) is 9.63.